The molecule has 1 aromatic rings. The van der Waals surface area contributed by atoms with Crippen LogP contribution in [0.1, 0.15) is 12.8 Å². The molecule has 3 rings (SSSR count). The van der Waals surface area contributed by atoms with Gasteiger partial charge in [0.2, 0.25) is 5.28 Å². The van der Waals surface area contributed by atoms with Crippen LogP contribution in [0, 0.1) is 0 Å². The van der Waals surface area contributed by atoms with Crippen molar-refractivity contribution in [3.8, 4) is 0 Å². The molecule has 0 amide bonds. The lowest BCUT2D eigenvalue weighted by Crippen LogP contribution is -2.47. The van der Waals surface area contributed by atoms with Gasteiger partial charge in [-0.3, -0.25) is 0 Å². The third-order valence-electron chi connectivity index (χ3n) is 3.39. The molecule has 104 valence electrons. The Morgan fingerprint density at radius 3 is 2.68 bits per heavy atom. The Morgan fingerprint density at radius 2 is 2.00 bits per heavy atom. The molecule has 0 atom stereocenters. The van der Waals surface area contributed by atoms with Gasteiger partial charge in [-0.15, -0.1) is 0 Å². The number of nitrogens with two attached hydrogens (primary N) is 1. The number of nitrogens with zero attached hydrogens (tertiary/aromatic N) is 3. The van der Waals surface area contributed by atoms with E-state index in [0.717, 1.165) is 25.9 Å². The Morgan fingerprint density at radius 1 is 1.32 bits per heavy atom. The molecule has 3 heterocycles. The molecule has 1 spiro atoms. The Kier molecular flexibility index (Phi) is 3.44. The molecule has 2 aliphatic heterocycles. The number of hydrazine groups is 1. The van der Waals surface area contributed by atoms with Crippen molar-refractivity contribution in [2.75, 3.05) is 37.5 Å². The van der Waals surface area contributed by atoms with E-state index in [1.807, 2.05) is 5.01 Å². The predicted octanol–water partition coefficient (Wildman–Crippen LogP) is 0.878. The summed E-state index contributed by atoms with van der Waals surface area (Å²) in [5, 5.41) is 2.21. The van der Waals surface area contributed by atoms with Crippen molar-refractivity contribution in [2.45, 2.75) is 18.6 Å². The van der Waals surface area contributed by atoms with Crippen LogP contribution in [-0.4, -0.2) is 47.1 Å². The van der Waals surface area contributed by atoms with E-state index in [9.17, 15) is 0 Å². The first kappa shape index (κ1) is 12.9. The lowest BCUT2D eigenvalue weighted by atomic mass is 10.1. The zero-order chi connectivity index (χ0) is 13.3. The SMILES string of the molecule is Nc1cnc(Cl)nc1NN1CCC2(CC1)OCCO2. The first-order chi connectivity index (χ1) is 9.17. The molecule has 2 aliphatic rings. The fraction of sp³-hybridized carbons (Fsp3) is 0.636. The topological polar surface area (TPSA) is 85.5 Å². The van der Waals surface area contributed by atoms with Gasteiger partial charge in [-0.25, -0.2) is 9.99 Å². The van der Waals surface area contributed by atoms with Crippen LogP contribution in [0.5, 0.6) is 0 Å². The molecular weight excluding hydrogens is 270 g/mol. The second kappa shape index (κ2) is 5.09. The normalized spacial score (nSPS) is 22.8. The van der Waals surface area contributed by atoms with Crippen molar-refractivity contribution in [3.63, 3.8) is 0 Å². The molecular formula is C11H16ClN5O2. The average molecular weight is 286 g/mol. The summed E-state index contributed by atoms with van der Waals surface area (Å²) in [5.74, 6) is 0.150. The van der Waals surface area contributed by atoms with E-state index in [-0.39, 0.29) is 11.1 Å². The molecule has 1 aromatic heterocycles. The van der Waals surface area contributed by atoms with E-state index in [0.29, 0.717) is 24.7 Å². The Hall–Kier alpha value is -1.15. The van der Waals surface area contributed by atoms with Crippen LogP contribution in [0.2, 0.25) is 5.28 Å². The van der Waals surface area contributed by atoms with Gasteiger partial charge in [-0.2, -0.15) is 4.98 Å². The third-order valence-corrected chi connectivity index (χ3v) is 3.57. The Labute approximate surface area is 116 Å². The number of anilines is 2. The molecule has 0 bridgehead atoms. The average Bonchev–Trinajstić information content (AvgIpc) is 2.85. The zero-order valence-electron chi connectivity index (χ0n) is 10.4. The smallest absolute Gasteiger partial charge is 0.224 e. The molecule has 0 aromatic carbocycles. The van der Waals surface area contributed by atoms with E-state index in [2.05, 4.69) is 15.4 Å². The van der Waals surface area contributed by atoms with E-state index < -0.39 is 0 Å². The number of hydrogen-bond donors (Lipinski definition) is 2. The number of piperidine rings is 1. The fourth-order valence-corrected chi connectivity index (χ4v) is 2.49. The molecule has 0 saturated carbocycles. The third kappa shape index (κ3) is 2.74. The van der Waals surface area contributed by atoms with E-state index in [1.165, 1.54) is 6.20 Å². The minimum atomic E-state index is -0.382. The number of nitrogen functional groups attached to an aromatic ring is 1. The van der Waals surface area contributed by atoms with Crippen LogP contribution in [0.25, 0.3) is 0 Å². The maximum atomic E-state index is 5.80. The fourth-order valence-electron chi connectivity index (χ4n) is 2.35. The van der Waals surface area contributed by atoms with Crippen molar-refractivity contribution >= 4 is 23.1 Å². The molecule has 3 N–H and O–H groups in total. The number of aromatic nitrogens is 2. The first-order valence-electron chi connectivity index (χ1n) is 6.24. The second-order valence-corrected chi connectivity index (χ2v) is 4.99. The van der Waals surface area contributed by atoms with Crippen LogP contribution >= 0.6 is 11.6 Å². The van der Waals surface area contributed by atoms with E-state index in [1.54, 1.807) is 0 Å². The summed E-state index contributed by atoms with van der Waals surface area (Å²) in [5.41, 5.74) is 9.43. The van der Waals surface area contributed by atoms with Crippen molar-refractivity contribution < 1.29 is 9.47 Å². The van der Waals surface area contributed by atoms with Gasteiger partial charge in [0, 0.05) is 25.9 Å². The number of ether oxygens (including phenoxy) is 2. The number of nitrogens with one attached hydrogen (secondary N) is 1. The summed E-state index contributed by atoms with van der Waals surface area (Å²) in [6, 6.07) is 0. The van der Waals surface area contributed by atoms with Crippen molar-refractivity contribution in [2.24, 2.45) is 0 Å². The predicted molar refractivity (Wildman–Crippen MR) is 70.5 cm³/mol. The summed E-state index contributed by atoms with van der Waals surface area (Å²) in [6.07, 6.45) is 3.13. The minimum Gasteiger partial charge on any atom is -0.394 e. The largest absolute Gasteiger partial charge is 0.394 e. The van der Waals surface area contributed by atoms with Crippen molar-refractivity contribution in [1.29, 1.82) is 0 Å². The molecule has 0 aliphatic carbocycles. The molecule has 19 heavy (non-hydrogen) atoms. The highest BCUT2D eigenvalue weighted by Crippen LogP contribution is 2.31. The van der Waals surface area contributed by atoms with Gasteiger partial charge in [-0.05, 0) is 11.6 Å². The van der Waals surface area contributed by atoms with E-state index in [4.69, 9.17) is 26.8 Å². The van der Waals surface area contributed by atoms with Gasteiger partial charge in [0.25, 0.3) is 0 Å². The monoisotopic (exact) mass is 285 g/mol. The van der Waals surface area contributed by atoms with Crippen LogP contribution < -0.4 is 11.2 Å². The van der Waals surface area contributed by atoms with Crippen LogP contribution in [0.15, 0.2) is 6.20 Å². The summed E-state index contributed by atoms with van der Waals surface area (Å²) >= 11 is 5.76. The number of hydrogen-bond acceptors (Lipinski definition) is 7. The van der Waals surface area contributed by atoms with Gasteiger partial charge in [0.15, 0.2) is 11.6 Å². The summed E-state index contributed by atoms with van der Waals surface area (Å²) in [4.78, 5) is 7.89. The van der Waals surface area contributed by atoms with Crippen molar-refractivity contribution in [3.05, 3.63) is 11.5 Å². The van der Waals surface area contributed by atoms with E-state index >= 15 is 0 Å². The highest BCUT2D eigenvalue weighted by molar-refractivity contribution is 6.28. The minimum absolute atomic E-state index is 0.174. The van der Waals surface area contributed by atoms with Gasteiger partial charge >= 0.3 is 0 Å². The number of rotatable bonds is 2. The summed E-state index contributed by atoms with van der Waals surface area (Å²) in [7, 11) is 0. The van der Waals surface area contributed by atoms with Gasteiger partial charge in [0.05, 0.1) is 25.1 Å². The lowest BCUT2D eigenvalue weighted by Gasteiger charge is -2.37. The zero-order valence-corrected chi connectivity index (χ0v) is 11.2. The molecule has 2 saturated heterocycles. The molecule has 2 fully saturated rings. The van der Waals surface area contributed by atoms with Crippen molar-refractivity contribution in [1.82, 2.24) is 15.0 Å². The van der Waals surface area contributed by atoms with Gasteiger partial charge < -0.3 is 20.6 Å². The highest BCUT2D eigenvalue weighted by atomic mass is 35.5. The standard InChI is InChI=1S/C11H16ClN5O2/c12-10-14-7-8(13)9(15-10)16-17-3-1-11(2-4-17)18-5-6-19-11/h7H,1-6,13H2,(H,14,15,16). The molecule has 0 unspecified atom stereocenters. The highest BCUT2D eigenvalue weighted by Gasteiger charge is 2.39. The van der Waals surface area contributed by atoms with Crippen LogP contribution in [0.4, 0.5) is 11.5 Å². The molecule has 0 radical (unpaired) electrons. The van der Waals surface area contributed by atoms with Crippen LogP contribution in [-0.2, 0) is 9.47 Å². The van der Waals surface area contributed by atoms with Crippen LogP contribution in [0.3, 0.4) is 0 Å². The van der Waals surface area contributed by atoms with Gasteiger partial charge in [0.1, 0.15) is 0 Å². The van der Waals surface area contributed by atoms with Gasteiger partial charge in [-0.1, -0.05) is 0 Å². The maximum absolute atomic E-state index is 5.80. The maximum Gasteiger partial charge on any atom is 0.224 e. The lowest BCUT2D eigenvalue weighted by molar-refractivity contribution is -0.183. The Balaban J connectivity index is 1.61. The summed E-state index contributed by atoms with van der Waals surface area (Å²) < 4.78 is 11.3. The second-order valence-electron chi connectivity index (χ2n) is 4.65. The first-order valence-corrected chi connectivity index (χ1v) is 6.62. The Bertz CT molecular complexity index is 456. The molecule has 7 nitrogen and oxygen atoms in total. The quantitative estimate of drug-likeness (QED) is 0.780. The molecule has 8 heteroatoms. The summed E-state index contributed by atoms with van der Waals surface area (Å²) in [6.45, 7) is 2.95. The number of halogens is 1.